The molecule has 5 heteroatoms. The lowest BCUT2D eigenvalue weighted by molar-refractivity contribution is 0.137. The average Bonchev–Trinajstić information content (AvgIpc) is 2.91. The monoisotopic (exact) mass is 273 g/mol. The van der Waals surface area contributed by atoms with Gasteiger partial charge in [0.05, 0.1) is 6.54 Å². The maximum atomic E-state index is 6.04. The first-order valence-electron chi connectivity index (χ1n) is 6.83. The molecule has 1 N–H and O–H groups in total. The molecule has 0 fully saturated rings. The molecule has 1 aromatic heterocycles. The van der Waals surface area contributed by atoms with Crippen molar-refractivity contribution in [2.45, 2.75) is 45.9 Å². The minimum atomic E-state index is -0.108. The maximum absolute atomic E-state index is 6.04. The summed E-state index contributed by atoms with van der Waals surface area (Å²) in [4.78, 5) is 4.17. The molecule has 0 amide bonds. The van der Waals surface area contributed by atoms with E-state index in [0.29, 0.717) is 18.3 Å². The molecule has 0 spiro atoms. The molecule has 0 saturated carbocycles. The number of ether oxygens (including phenoxy) is 1. The number of aryl methyl sites for hydroxylation is 1. The zero-order valence-electron chi connectivity index (χ0n) is 12.1. The zero-order chi connectivity index (χ0) is 14.2. The molecule has 0 unspecified atom stereocenters. The van der Waals surface area contributed by atoms with E-state index in [2.05, 4.69) is 47.5 Å². The second-order valence-electron chi connectivity index (χ2n) is 5.78. The van der Waals surface area contributed by atoms with Crippen LogP contribution in [0.15, 0.2) is 22.7 Å². The number of benzene rings is 1. The van der Waals surface area contributed by atoms with Crippen molar-refractivity contribution in [3.8, 4) is 5.75 Å². The lowest BCUT2D eigenvalue weighted by Gasteiger charge is -2.18. The van der Waals surface area contributed by atoms with Crippen molar-refractivity contribution < 1.29 is 9.26 Å². The van der Waals surface area contributed by atoms with Crippen LogP contribution >= 0.6 is 0 Å². The molecule has 2 aromatic rings. The molecule has 0 saturated heterocycles. The van der Waals surface area contributed by atoms with Crippen LogP contribution in [0, 0.1) is 6.92 Å². The van der Waals surface area contributed by atoms with Gasteiger partial charge in [0.25, 0.3) is 0 Å². The topological polar surface area (TPSA) is 60.2 Å². The third-order valence-corrected chi connectivity index (χ3v) is 3.34. The van der Waals surface area contributed by atoms with Gasteiger partial charge in [-0.3, -0.25) is 0 Å². The van der Waals surface area contributed by atoms with Crippen molar-refractivity contribution in [1.82, 2.24) is 15.5 Å². The number of hydrogen-bond acceptors (Lipinski definition) is 5. The van der Waals surface area contributed by atoms with Gasteiger partial charge in [0.1, 0.15) is 11.4 Å². The number of aromatic nitrogens is 2. The van der Waals surface area contributed by atoms with Crippen LogP contribution in [-0.4, -0.2) is 15.7 Å². The molecular weight excluding hydrogens is 254 g/mol. The summed E-state index contributed by atoms with van der Waals surface area (Å²) in [5, 5.41) is 7.19. The summed E-state index contributed by atoms with van der Waals surface area (Å²) in [5.74, 6) is 2.29. The van der Waals surface area contributed by atoms with Gasteiger partial charge >= 0.3 is 0 Å². The highest BCUT2D eigenvalue weighted by atomic mass is 16.5. The van der Waals surface area contributed by atoms with Crippen molar-refractivity contribution in [3.63, 3.8) is 0 Å². The normalized spacial score (nSPS) is 15.9. The Hall–Kier alpha value is -1.88. The molecule has 0 bridgehead atoms. The molecule has 1 aromatic carbocycles. The van der Waals surface area contributed by atoms with Crippen LogP contribution in [0.5, 0.6) is 5.75 Å². The predicted molar refractivity (Wildman–Crippen MR) is 74.4 cm³/mol. The van der Waals surface area contributed by atoms with Crippen LogP contribution in [0.4, 0.5) is 0 Å². The fraction of sp³-hybridized carbons (Fsp3) is 0.467. The molecule has 5 nitrogen and oxygen atoms in total. The number of nitrogens with zero attached hydrogens (tertiary/aromatic N) is 2. The maximum Gasteiger partial charge on any atom is 0.223 e. The van der Waals surface area contributed by atoms with Crippen molar-refractivity contribution in [1.29, 1.82) is 0 Å². The number of fused-ring (bicyclic) bond motifs is 1. The summed E-state index contributed by atoms with van der Waals surface area (Å²) in [5.41, 5.74) is 2.35. The van der Waals surface area contributed by atoms with Crippen LogP contribution in [0.1, 0.15) is 36.7 Å². The van der Waals surface area contributed by atoms with Crippen LogP contribution in [0.2, 0.25) is 0 Å². The number of hydrogen-bond donors (Lipinski definition) is 1. The Morgan fingerprint density at radius 3 is 2.90 bits per heavy atom. The van der Waals surface area contributed by atoms with E-state index < -0.39 is 0 Å². The van der Waals surface area contributed by atoms with E-state index in [1.165, 1.54) is 11.1 Å². The van der Waals surface area contributed by atoms with Gasteiger partial charge in [-0.1, -0.05) is 23.4 Å². The second-order valence-corrected chi connectivity index (χ2v) is 5.78. The minimum Gasteiger partial charge on any atom is -0.487 e. The summed E-state index contributed by atoms with van der Waals surface area (Å²) in [6.45, 7) is 7.34. The predicted octanol–water partition coefficient (Wildman–Crippen LogP) is 2.38. The van der Waals surface area contributed by atoms with Gasteiger partial charge in [-0.2, -0.15) is 4.98 Å². The molecular formula is C15H19N3O2. The van der Waals surface area contributed by atoms with Gasteiger partial charge in [0, 0.05) is 25.5 Å². The van der Waals surface area contributed by atoms with Gasteiger partial charge in [-0.15, -0.1) is 0 Å². The Labute approximate surface area is 118 Å². The van der Waals surface area contributed by atoms with Gasteiger partial charge < -0.3 is 14.6 Å². The molecule has 0 aliphatic carbocycles. The minimum absolute atomic E-state index is 0.108. The van der Waals surface area contributed by atoms with E-state index in [1.54, 1.807) is 6.92 Å². The zero-order valence-corrected chi connectivity index (χ0v) is 12.1. The molecule has 20 heavy (non-hydrogen) atoms. The van der Waals surface area contributed by atoms with E-state index >= 15 is 0 Å². The molecule has 2 heterocycles. The van der Waals surface area contributed by atoms with Gasteiger partial charge in [-0.25, -0.2) is 0 Å². The van der Waals surface area contributed by atoms with Crippen molar-refractivity contribution in [3.05, 3.63) is 41.0 Å². The highest BCUT2D eigenvalue weighted by Crippen LogP contribution is 2.37. The first kappa shape index (κ1) is 13.1. The summed E-state index contributed by atoms with van der Waals surface area (Å²) >= 11 is 0. The Morgan fingerprint density at radius 2 is 2.15 bits per heavy atom. The first-order valence-corrected chi connectivity index (χ1v) is 6.83. The standard InChI is InChI=1S/C15H19N3O2/c1-10-17-13(18-20-10)9-16-8-12-6-4-5-11-7-15(2,3)19-14(11)12/h4-6,16H,7-9H2,1-3H3. The lowest BCUT2D eigenvalue weighted by Crippen LogP contribution is -2.25. The van der Waals surface area contributed by atoms with Crippen LogP contribution in [0.25, 0.3) is 0 Å². The molecule has 0 atom stereocenters. The van der Waals surface area contributed by atoms with Gasteiger partial charge in [0.15, 0.2) is 5.82 Å². The quantitative estimate of drug-likeness (QED) is 0.926. The highest BCUT2D eigenvalue weighted by molar-refractivity contribution is 5.45. The summed E-state index contributed by atoms with van der Waals surface area (Å²) < 4.78 is 11.0. The van der Waals surface area contributed by atoms with Crippen LogP contribution < -0.4 is 10.1 Å². The number of nitrogens with one attached hydrogen (secondary N) is 1. The molecule has 106 valence electrons. The van der Waals surface area contributed by atoms with Crippen molar-refractivity contribution >= 4 is 0 Å². The van der Waals surface area contributed by atoms with Crippen LogP contribution in [0.3, 0.4) is 0 Å². The van der Waals surface area contributed by atoms with E-state index in [-0.39, 0.29) is 5.60 Å². The Balaban J connectivity index is 1.66. The average molecular weight is 273 g/mol. The fourth-order valence-electron chi connectivity index (χ4n) is 2.54. The van der Waals surface area contributed by atoms with Crippen LogP contribution in [-0.2, 0) is 19.5 Å². The Bertz CT molecular complexity index is 619. The number of para-hydroxylation sites is 1. The Kier molecular flexibility index (Phi) is 3.22. The SMILES string of the molecule is Cc1nc(CNCc2cccc3c2OC(C)(C)C3)no1. The molecule has 0 radical (unpaired) electrons. The molecule has 1 aliphatic rings. The van der Waals surface area contributed by atoms with Crippen molar-refractivity contribution in [2.75, 3.05) is 0 Å². The summed E-state index contributed by atoms with van der Waals surface area (Å²) in [7, 11) is 0. The molecule has 1 aliphatic heterocycles. The smallest absolute Gasteiger partial charge is 0.223 e. The molecule has 3 rings (SSSR count). The highest BCUT2D eigenvalue weighted by Gasteiger charge is 2.31. The van der Waals surface area contributed by atoms with E-state index in [0.717, 1.165) is 18.7 Å². The van der Waals surface area contributed by atoms with Crippen molar-refractivity contribution in [2.24, 2.45) is 0 Å². The van der Waals surface area contributed by atoms with Gasteiger partial charge in [0.2, 0.25) is 5.89 Å². The third-order valence-electron chi connectivity index (χ3n) is 3.34. The van der Waals surface area contributed by atoms with E-state index in [1.807, 2.05) is 0 Å². The fourth-order valence-corrected chi connectivity index (χ4v) is 2.54. The van der Waals surface area contributed by atoms with Gasteiger partial charge in [-0.05, 0) is 19.4 Å². The van der Waals surface area contributed by atoms with E-state index in [9.17, 15) is 0 Å². The second kappa shape index (κ2) is 4.90. The summed E-state index contributed by atoms with van der Waals surface area (Å²) in [6, 6.07) is 6.31. The lowest BCUT2D eigenvalue weighted by atomic mass is 10.0. The first-order chi connectivity index (χ1) is 9.53. The third kappa shape index (κ3) is 2.67. The number of rotatable bonds is 4. The largest absolute Gasteiger partial charge is 0.487 e. The summed E-state index contributed by atoms with van der Waals surface area (Å²) in [6.07, 6.45) is 0.959. The Morgan fingerprint density at radius 1 is 1.30 bits per heavy atom. The van der Waals surface area contributed by atoms with E-state index in [4.69, 9.17) is 9.26 Å².